The fourth-order valence-corrected chi connectivity index (χ4v) is 3.68. The van der Waals surface area contributed by atoms with Crippen molar-refractivity contribution in [3.63, 3.8) is 0 Å². The van der Waals surface area contributed by atoms with Gasteiger partial charge in [-0.25, -0.2) is 0 Å². The molecule has 0 atom stereocenters. The summed E-state index contributed by atoms with van der Waals surface area (Å²) < 4.78 is 0. The zero-order valence-corrected chi connectivity index (χ0v) is 11.5. The Labute approximate surface area is 116 Å². The van der Waals surface area contributed by atoms with E-state index in [4.69, 9.17) is 0 Å². The maximum Gasteiger partial charge on any atom is 0.0459 e. The monoisotopic (exact) mass is 268 g/mol. The molecule has 2 nitrogen and oxygen atoms in total. The summed E-state index contributed by atoms with van der Waals surface area (Å²) in [6.45, 7) is 3.27. The number of nitrogens with zero attached hydrogens (tertiary/aromatic N) is 1. The summed E-state index contributed by atoms with van der Waals surface area (Å²) in [7, 11) is 0. The van der Waals surface area contributed by atoms with Crippen LogP contribution in [0.25, 0.3) is 10.9 Å². The second-order valence-electron chi connectivity index (χ2n) is 5.22. The van der Waals surface area contributed by atoms with Crippen LogP contribution in [0.2, 0.25) is 0 Å². The van der Waals surface area contributed by atoms with E-state index in [9.17, 15) is 0 Å². The van der Waals surface area contributed by atoms with E-state index in [2.05, 4.69) is 51.0 Å². The van der Waals surface area contributed by atoms with Crippen LogP contribution in [0.3, 0.4) is 0 Å². The fraction of sp³-hybridized carbons (Fsp3) is 0.250. The van der Waals surface area contributed by atoms with Gasteiger partial charge in [0.15, 0.2) is 0 Å². The smallest absolute Gasteiger partial charge is 0.0459 e. The summed E-state index contributed by atoms with van der Waals surface area (Å²) in [5.41, 5.74) is 5.65. The fourth-order valence-electron chi connectivity index (χ4n) is 3.02. The van der Waals surface area contributed by atoms with E-state index >= 15 is 0 Å². The number of rotatable bonds is 2. The average Bonchev–Trinajstić information content (AvgIpc) is 3.05. The van der Waals surface area contributed by atoms with Crippen LogP contribution < -0.4 is 0 Å². The molecule has 96 valence electrons. The van der Waals surface area contributed by atoms with E-state index in [-0.39, 0.29) is 0 Å². The minimum absolute atomic E-state index is 1.04. The summed E-state index contributed by atoms with van der Waals surface area (Å²) in [5.74, 6) is 0. The van der Waals surface area contributed by atoms with Gasteiger partial charge in [0.1, 0.15) is 0 Å². The lowest BCUT2D eigenvalue weighted by molar-refractivity contribution is 0.243. The summed E-state index contributed by atoms with van der Waals surface area (Å²) >= 11 is 1.78. The van der Waals surface area contributed by atoms with Gasteiger partial charge >= 0.3 is 0 Å². The lowest BCUT2D eigenvalue weighted by Crippen LogP contribution is -2.29. The van der Waals surface area contributed by atoms with Crippen molar-refractivity contribution in [2.45, 2.75) is 19.5 Å². The van der Waals surface area contributed by atoms with Crippen molar-refractivity contribution in [3.05, 3.63) is 57.9 Å². The maximum absolute atomic E-state index is 3.59. The third-order valence-electron chi connectivity index (χ3n) is 3.95. The minimum atomic E-state index is 1.04. The molecule has 0 radical (unpaired) electrons. The molecule has 2 aromatic heterocycles. The Balaban J connectivity index is 1.63. The van der Waals surface area contributed by atoms with Crippen molar-refractivity contribution in [1.29, 1.82) is 0 Å². The summed E-state index contributed by atoms with van der Waals surface area (Å²) in [5, 5.41) is 5.82. The summed E-state index contributed by atoms with van der Waals surface area (Å²) in [6.07, 6.45) is 1.16. The molecule has 1 aliphatic heterocycles. The third kappa shape index (κ3) is 1.99. The highest BCUT2D eigenvalue weighted by Crippen LogP contribution is 2.28. The van der Waals surface area contributed by atoms with Crippen molar-refractivity contribution in [2.24, 2.45) is 0 Å². The Kier molecular flexibility index (Phi) is 2.67. The molecular weight excluding hydrogens is 252 g/mol. The van der Waals surface area contributed by atoms with E-state index in [0.717, 1.165) is 26.1 Å². The van der Waals surface area contributed by atoms with Crippen molar-refractivity contribution >= 4 is 22.2 Å². The second kappa shape index (κ2) is 4.51. The minimum Gasteiger partial charge on any atom is -0.357 e. The molecule has 3 heterocycles. The van der Waals surface area contributed by atoms with E-state index in [1.54, 1.807) is 11.3 Å². The first-order valence-electron chi connectivity index (χ1n) is 6.72. The number of hydrogen-bond donors (Lipinski definition) is 1. The van der Waals surface area contributed by atoms with Gasteiger partial charge in [-0.1, -0.05) is 18.2 Å². The van der Waals surface area contributed by atoms with Gasteiger partial charge in [-0.3, -0.25) is 4.90 Å². The van der Waals surface area contributed by atoms with Crippen LogP contribution in [-0.2, 0) is 19.5 Å². The molecule has 4 rings (SSSR count). The quantitative estimate of drug-likeness (QED) is 0.749. The van der Waals surface area contributed by atoms with Gasteiger partial charge < -0.3 is 4.98 Å². The number of H-pyrrole nitrogens is 1. The van der Waals surface area contributed by atoms with Crippen LogP contribution in [0.4, 0.5) is 0 Å². The number of benzene rings is 1. The molecule has 0 unspecified atom stereocenters. The number of thiophene rings is 1. The number of aromatic amines is 1. The van der Waals surface area contributed by atoms with Crippen LogP contribution in [0.15, 0.2) is 41.1 Å². The molecule has 0 saturated heterocycles. The zero-order valence-electron chi connectivity index (χ0n) is 10.7. The molecular formula is C16H16N2S. The molecule has 3 aromatic rings. The van der Waals surface area contributed by atoms with Gasteiger partial charge in [-0.15, -0.1) is 0 Å². The molecule has 0 bridgehead atoms. The SMILES string of the molecule is c1ccc2c3c([nH]c2c1)CN(Cc1ccsc1)CC3. The molecule has 0 amide bonds. The topological polar surface area (TPSA) is 19.0 Å². The summed E-state index contributed by atoms with van der Waals surface area (Å²) in [4.78, 5) is 6.11. The highest BCUT2D eigenvalue weighted by Gasteiger charge is 2.20. The lowest BCUT2D eigenvalue weighted by atomic mass is 10.0. The number of para-hydroxylation sites is 1. The van der Waals surface area contributed by atoms with Crippen LogP contribution in [-0.4, -0.2) is 16.4 Å². The van der Waals surface area contributed by atoms with Crippen molar-refractivity contribution < 1.29 is 0 Å². The van der Waals surface area contributed by atoms with Crippen molar-refractivity contribution in [3.8, 4) is 0 Å². The molecule has 1 aromatic carbocycles. The van der Waals surface area contributed by atoms with Gasteiger partial charge in [0.05, 0.1) is 0 Å². The zero-order chi connectivity index (χ0) is 12.7. The first kappa shape index (κ1) is 11.3. The van der Waals surface area contributed by atoms with E-state index < -0.39 is 0 Å². The van der Waals surface area contributed by atoms with Gasteiger partial charge in [-0.2, -0.15) is 11.3 Å². The highest BCUT2D eigenvalue weighted by atomic mass is 32.1. The second-order valence-corrected chi connectivity index (χ2v) is 6.00. The first-order valence-corrected chi connectivity index (χ1v) is 7.66. The number of hydrogen-bond acceptors (Lipinski definition) is 2. The van der Waals surface area contributed by atoms with Crippen molar-refractivity contribution in [2.75, 3.05) is 6.54 Å². The molecule has 0 saturated carbocycles. The lowest BCUT2D eigenvalue weighted by Gasteiger charge is -2.26. The van der Waals surface area contributed by atoms with Gasteiger partial charge in [0.2, 0.25) is 0 Å². The number of aromatic nitrogens is 1. The molecule has 0 spiro atoms. The Morgan fingerprint density at radius 1 is 1.21 bits per heavy atom. The van der Waals surface area contributed by atoms with Crippen molar-refractivity contribution in [1.82, 2.24) is 9.88 Å². The Morgan fingerprint density at radius 3 is 3.05 bits per heavy atom. The highest BCUT2D eigenvalue weighted by molar-refractivity contribution is 7.07. The largest absolute Gasteiger partial charge is 0.357 e. The predicted octanol–water partition coefficient (Wildman–Crippen LogP) is 3.79. The standard InChI is InChI=1S/C16H16N2S/c1-2-4-15-13(3-1)14-5-7-18(10-16(14)17-15)9-12-6-8-19-11-12/h1-4,6,8,11,17H,5,7,9-10H2. The van der Waals surface area contributed by atoms with E-state index in [1.807, 2.05) is 0 Å². The predicted molar refractivity (Wildman–Crippen MR) is 80.4 cm³/mol. The molecule has 1 aliphatic rings. The first-order chi connectivity index (χ1) is 9.40. The molecule has 19 heavy (non-hydrogen) atoms. The van der Waals surface area contributed by atoms with Gasteiger partial charge in [0, 0.05) is 36.2 Å². The number of nitrogens with one attached hydrogen (secondary N) is 1. The van der Waals surface area contributed by atoms with Gasteiger partial charge in [-0.05, 0) is 40.4 Å². The molecule has 3 heteroatoms. The van der Waals surface area contributed by atoms with Crippen LogP contribution in [0, 0.1) is 0 Å². The van der Waals surface area contributed by atoms with Gasteiger partial charge in [0.25, 0.3) is 0 Å². The van der Waals surface area contributed by atoms with Crippen LogP contribution >= 0.6 is 11.3 Å². The average molecular weight is 268 g/mol. The Morgan fingerprint density at radius 2 is 2.16 bits per heavy atom. The molecule has 0 aliphatic carbocycles. The van der Waals surface area contributed by atoms with E-state index in [1.165, 1.54) is 27.7 Å². The molecule has 0 fully saturated rings. The number of fused-ring (bicyclic) bond motifs is 3. The Bertz CT molecular complexity index is 697. The Hall–Kier alpha value is -1.58. The van der Waals surface area contributed by atoms with Crippen LogP contribution in [0.1, 0.15) is 16.8 Å². The maximum atomic E-state index is 3.59. The summed E-state index contributed by atoms with van der Waals surface area (Å²) in [6, 6.07) is 10.9. The van der Waals surface area contributed by atoms with Crippen LogP contribution in [0.5, 0.6) is 0 Å². The molecule has 1 N–H and O–H groups in total. The normalized spacial score (nSPS) is 15.8. The third-order valence-corrected chi connectivity index (χ3v) is 4.68. The van der Waals surface area contributed by atoms with E-state index in [0.29, 0.717) is 0 Å².